The molecular weight excluding hydrogens is 350 g/mol. The first-order valence-corrected chi connectivity index (χ1v) is 9.41. The van der Waals surface area contributed by atoms with Crippen LogP contribution in [0, 0.1) is 19.8 Å². The van der Waals surface area contributed by atoms with Crippen molar-refractivity contribution in [2.75, 3.05) is 26.2 Å². The Labute approximate surface area is 162 Å². The van der Waals surface area contributed by atoms with Gasteiger partial charge >= 0.3 is 0 Å². The van der Waals surface area contributed by atoms with E-state index < -0.39 is 0 Å². The summed E-state index contributed by atoms with van der Waals surface area (Å²) in [6.07, 6.45) is 3.74. The fourth-order valence-electron chi connectivity index (χ4n) is 3.94. The van der Waals surface area contributed by atoms with Crippen LogP contribution in [0.15, 0.2) is 18.2 Å². The first-order chi connectivity index (χ1) is 12.0. The van der Waals surface area contributed by atoms with Crippen LogP contribution >= 0.6 is 12.4 Å². The smallest absolute Gasteiger partial charge is 0.253 e. The van der Waals surface area contributed by atoms with Gasteiger partial charge in [-0.05, 0) is 64.8 Å². The number of hydrogen-bond donors (Lipinski definition) is 2. The van der Waals surface area contributed by atoms with Gasteiger partial charge in [0.15, 0.2) is 0 Å². The maximum absolute atomic E-state index is 12.8. The number of hydrogen-bond acceptors (Lipinski definition) is 3. The Balaban J connectivity index is 0.00000243. The molecule has 26 heavy (non-hydrogen) atoms. The number of likely N-dealkylation sites (tertiary alicyclic amines) is 1. The van der Waals surface area contributed by atoms with Gasteiger partial charge in [0.2, 0.25) is 5.91 Å². The molecule has 3 rings (SSSR count). The highest BCUT2D eigenvalue weighted by atomic mass is 35.5. The molecule has 0 aliphatic carbocycles. The number of aryl methyl sites for hydroxylation is 2. The molecule has 0 bridgehead atoms. The zero-order valence-electron chi connectivity index (χ0n) is 15.7. The molecule has 2 heterocycles. The number of halogens is 1. The third-order valence-electron chi connectivity index (χ3n) is 5.23. The summed E-state index contributed by atoms with van der Waals surface area (Å²) in [4.78, 5) is 27.3. The molecule has 0 saturated carbocycles. The van der Waals surface area contributed by atoms with E-state index in [1.54, 1.807) is 0 Å². The third-order valence-corrected chi connectivity index (χ3v) is 5.23. The Kier molecular flexibility index (Phi) is 7.47. The summed E-state index contributed by atoms with van der Waals surface area (Å²) in [5.41, 5.74) is 2.93. The number of carbonyl (C=O) groups excluding carboxylic acids is 2. The second kappa shape index (κ2) is 9.38. The van der Waals surface area contributed by atoms with Crippen molar-refractivity contribution >= 4 is 24.2 Å². The Morgan fingerprint density at radius 1 is 1.08 bits per heavy atom. The lowest BCUT2D eigenvalue weighted by Gasteiger charge is -2.33. The lowest BCUT2D eigenvalue weighted by atomic mass is 9.95. The number of amides is 2. The van der Waals surface area contributed by atoms with Crippen LogP contribution < -0.4 is 10.6 Å². The highest BCUT2D eigenvalue weighted by Gasteiger charge is 2.30. The molecule has 2 N–H and O–H groups in total. The molecule has 2 amide bonds. The van der Waals surface area contributed by atoms with Crippen molar-refractivity contribution in [3.8, 4) is 0 Å². The molecule has 1 aromatic carbocycles. The summed E-state index contributed by atoms with van der Waals surface area (Å²) < 4.78 is 0. The minimum Gasteiger partial charge on any atom is -0.353 e. The predicted octanol–water partition coefficient (Wildman–Crippen LogP) is 2.45. The van der Waals surface area contributed by atoms with E-state index in [4.69, 9.17) is 0 Å². The molecular formula is C20H30ClN3O2. The van der Waals surface area contributed by atoms with E-state index in [1.165, 1.54) is 0 Å². The molecule has 6 heteroatoms. The van der Waals surface area contributed by atoms with Gasteiger partial charge in [-0.3, -0.25) is 9.59 Å². The fourth-order valence-corrected chi connectivity index (χ4v) is 3.94. The monoisotopic (exact) mass is 379 g/mol. The minimum absolute atomic E-state index is 0. The van der Waals surface area contributed by atoms with E-state index in [1.807, 2.05) is 30.9 Å². The summed E-state index contributed by atoms with van der Waals surface area (Å²) in [6, 6.07) is 6.23. The number of rotatable bonds is 3. The van der Waals surface area contributed by atoms with Crippen molar-refractivity contribution in [3.63, 3.8) is 0 Å². The molecule has 2 saturated heterocycles. The second-order valence-electron chi connectivity index (χ2n) is 7.50. The van der Waals surface area contributed by atoms with Crippen LogP contribution in [0.25, 0.3) is 0 Å². The zero-order valence-corrected chi connectivity index (χ0v) is 16.5. The van der Waals surface area contributed by atoms with Crippen LogP contribution in [0.2, 0.25) is 0 Å². The van der Waals surface area contributed by atoms with Crippen LogP contribution in [0.4, 0.5) is 0 Å². The van der Waals surface area contributed by atoms with Gasteiger partial charge in [-0.2, -0.15) is 0 Å². The summed E-state index contributed by atoms with van der Waals surface area (Å²) in [5.74, 6) is 0.0782. The summed E-state index contributed by atoms with van der Waals surface area (Å²) in [5, 5.41) is 6.50. The predicted molar refractivity (Wildman–Crippen MR) is 106 cm³/mol. The Hall–Kier alpha value is -1.59. The molecule has 2 fully saturated rings. The maximum atomic E-state index is 12.8. The van der Waals surface area contributed by atoms with Gasteiger partial charge in [0.25, 0.3) is 5.91 Å². The molecule has 2 aliphatic heterocycles. The molecule has 1 unspecified atom stereocenters. The van der Waals surface area contributed by atoms with Gasteiger partial charge < -0.3 is 15.5 Å². The molecule has 2 aliphatic rings. The standard InChI is InChI=1S/C20H29N3O2.ClH/c1-14-10-15(2)12-17(11-14)20(25)23-9-3-4-16(13-23)19(24)22-18-5-7-21-8-6-18;/h10-12,16,18,21H,3-9,13H2,1-2H3,(H,22,24);1H. The van der Waals surface area contributed by atoms with Crippen molar-refractivity contribution in [1.29, 1.82) is 0 Å². The maximum Gasteiger partial charge on any atom is 0.253 e. The van der Waals surface area contributed by atoms with Gasteiger partial charge in [0, 0.05) is 24.7 Å². The Bertz CT molecular complexity index is 624. The SMILES string of the molecule is Cc1cc(C)cc(C(=O)N2CCCC(C(=O)NC3CCNCC3)C2)c1.Cl. The van der Waals surface area contributed by atoms with Crippen molar-refractivity contribution in [2.45, 2.75) is 45.6 Å². The molecule has 0 radical (unpaired) electrons. The average Bonchev–Trinajstić information content (AvgIpc) is 2.61. The first-order valence-electron chi connectivity index (χ1n) is 9.41. The number of nitrogens with zero attached hydrogens (tertiary/aromatic N) is 1. The van der Waals surface area contributed by atoms with Crippen LogP contribution in [0.1, 0.15) is 47.2 Å². The number of carbonyl (C=O) groups is 2. The van der Waals surface area contributed by atoms with Crippen LogP contribution in [-0.4, -0.2) is 48.9 Å². The van der Waals surface area contributed by atoms with E-state index in [2.05, 4.69) is 16.7 Å². The molecule has 144 valence electrons. The first kappa shape index (κ1) is 20.7. The van der Waals surface area contributed by atoms with Crippen LogP contribution in [-0.2, 0) is 4.79 Å². The van der Waals surface area contributed by atoms with Gasteiger partial charge in [-0.1, -0.05) is 17.2 Å². The van der Waals surface area contributed by atoms with E-state index >= 15 is 0 Å². The summed E-state index contributed by atoms with van der Waals surface area (Å²) >= 11 is 0. The third kappa shape index (κ3) is 5.21. The molecule has 1 atom stereocenters. The van der Waals surface area contributed by atoms with E-state index in [-0.39, 0.29) is 36.2 Å². The quantitative estimate of drug-likeness (QED) is 0.848. The molecule has 1 aromatic rings. The topological polar surface area (TPSA) is 61.4 Å². The highest BCUT2D eigenvalue weighted by molar-refractivity contribution is 5.95. The van der Waals surface area contributed by atoms with Gasteiger partial charge in [-0.25, -0.2) is 0 Å². The Morgan fingerprint density at radius 3 is 2.38 bits per heavy atom. The van der Waals surface area contributed by atoms with Crippen molar-refractivity contribution in [1.82, 2.24) is 15.5 Å². The number of benzene rings is 1. The second-order valence-corrected chi connectivity index (χ2v) is 7.50. The van der Waals surface area contributed by atoms with E-state index in [0.717, 1.165) is 62.0 Å². The average molecular weight is 380 g/mol. The van der Waals surface area contributed by atoms with E-state index in [9.17, 15) is 9.59 Å². The fraction of sp³-hybridized carbons (Fsp3) is 0.600. The number of piperidine rings is 2. The molecule has 5 nitrogen and oxygen atoms in total. The highest BCUT2D eigenvalue weighted by Crippen LogP contribution is 2.20. The van der Waals surface area contributed by atoms with Gasteiger partial charge in [-0.15, -0.1) is 12.4 Å². The summed E-state index contributed by atoms with van der Waals surface area (Å²) in [7, 11) is 0. The number of nitrogens with one attached hydrogen (secondary N) is 2. The molecule has 0 aromatic heterocycles. The normalized spacial score (nSPS) is 21.0. The van der Waals surface area contributed by atoms with Crippen LogP contribution in [0.3, 0.4) is 0 Å². The Morgan fingerprint density at radius 2 is 1.73 bits per heavy atom. The van der Waals surface area contributed by atoms with Crippen molar-refractivity contribution in [3.05, 3.63) is 34.9 Å². The zero-order chi connectivity index (χ0) is 17.8. The lowest BCUT2D eigenvalue weighted by Crippen LogP contribution is -2.49. The van der Waals surface area contributed by atoms with Crippen molar-refractivity contribution < 1.29 is 9.59 Å². The minimum atomic E-state index is -0.0847. The largest absolute Gasteiger partial charge is 0.353 e. The lowest BCUT2D eigenvalue weighted by molar-refractivity contribution is -0.127. The molecule has 0 spiro atoms. The van der Waals surface area contributed by atoms with Gasteiger partial charge in [0.1, 0.15) is 0 Å². The van der Waals surface area contributed by atoms with Gasteiger partial charge in [0.05, 0.1) is 5.92 Å². The van der Waals surface area contributed by atoms with Crippen LogP contribution in [0.5, 0.6) is 0 Å². The summed E-state index contributed by atoms with van der Waals surface area (Å²) in [6.45, 7) is 7.22. The van der Waals surface area contributed by atoms with Crippen molar-refractivity contribution in [2.24, 2.45) is 5.92 Å². The van der Waals surface area contributed by atoms with E-state index in [0.29, 0.717) is 6.54 Å².